The summed E-state index contributed by atoms with van der Waals surface area (Å²) in [6.07, 6.45) is 0. The van der Waals surface area contributed by atoms with E-state index in [0.29, 0.717) is 33.1 Å². The summed E-state index contributed by atoms with van der Waals surface area (Å²) in [5.74, 6) is -0.727. The summed E-state index contributed by atoms with van der Waals surface area (Å²) in [6.45, 7) is 1.80. The first-order valence-corrected chi connectivity index (χ1v) is 9.61. The van der Waals surface area contributed by atoms with Crippen molar-refractivity contribution in [2.24, 2.45) is 0 Å². The number of carbonyl (C=O) groups is 2. The molecule has 0 saturated heterocycles. The fraction of sp³-hybridized carbons (Fsp3) is 0.0833. The quantitative estimate of drug-likeness (QED) is 0.572. The summed E-state index contributed by atoms with van der Waals surface area (Å²) in [5.41, 5.74) is 3.42. The van der Waals surface area contributed by atoms with Gasteiger partial charge in [-0.2, -0.15) is 0 Å². The highest BCUT2D eigenvalue weighted by atomic mass is 35.5. The first kappa shape index (κ1) is 19.0. The molecule has 0 bridgehead atoms. The number of nitrogens with zero attached hydrogens (tertiary/aromatic N) is 2. The van der Waals surface area contributed by atoms with Crippen LogP contribution >= 0.6 is 11.6 Å². The zero-order valence-corrected chi connectivity index (χ0v) is 16.9. The molecule has 1 aliphatic heterocycles. The summed E-state index contributed by atoms with van der Waals surface area (Å²) in [7, 11) is 1.80. The molecule has 0 N–H and O–H groups in total. The molecule has 0 unspecified atom stereocenters. The normalized spacial score (nSPS) is 14.0. The Morgan fingerprint density at radius 3 is 2.07 bits per heavy atom. The molecule has 0 saturated carbocycles. The van der Waals surface area contributed by atoms with E-state index >= 15 is 0 Å². The molecule has 29 heavy (non-hydrogen) atoms. The van der Waals surface area contributed by atoms with Crippen LogP contribution in [0.25, 0.3) is 5.57 Å². The van der Waals surface area contributed by atoms with E-state index < -0.39 is 0 Å². The topological polar surface area (TPSA) is 40.6 Å². The minimum absolute atomic E-state index is 0.340. The molecule has 0 aliphatic carbocycles. The van der Waals surface area contributed by atoms with Crippen molar-refractivity contribution in [1.29, 1.82) is 0 Å². The van der Waals surface area contributed by atoms with Crippen molar-refractivity contribution in [1.82, 2.24) is 0 Å². The first-order chi connectivity index (χ1) is 14.0. The van der Waals surface area contributed by atoms with Crippen molar-refractivity contribution < 1.29 is 9.59 Å². The molecule has 4 rings (SSSR count). The predicted molar refractivity (Wildman–Crippen MR) is 117 cm³/mol. The molecule has 0 atom stereocenters. The van der Waals surface area contributed by atoms with Gasteiger partial charge in [0.05, 0.1) is 11.3 Å². The van der Waals surface area contributed by atoms with Crippen LogP contribution in [0.15, 0.2) is 84.6 Å². The van der Waals surface area contributed by atoms with Crippen LogP contribution in [0.1, 0.15) is 11.1 Å². The standard InChI is InChI=1S/C24H19ClN2O2/c1-16-19(25)14-9-15-20(16)27-23(28)21(17-10-5-3-6-11-17)22(24(27)29)26(2)18-12-7-4-8-13-18/h3-15H,1-2H3. The third-order valence-electron chi connectivity index (χ3n) is 5.08. The van der Waals surface area contributed by atoms with Gasteiger partial charge >= 0.3 is 0 Å². The smallest absolute Gasteiger partial charge is 0.282 e. The molecular weight excluding hydrogens is 384 g/mol. The second kappa shape index (κ2) is 7.57. The molecule has 0 radical (unpaired) electrons. The van der Waals surface area contributed by atoms with Gasteiger partial charge in [-0.05, 0) is 42.3 Å². The van der Waals surface area contributed by atoms with E-state index in [4.69, 9.17) is 11.6 Å². The highest BCUT2D eigenvalue weighted by molar-refractivity contribution is 6.46. The van der Waals surface area contributed by atoms with Crippen molar-refractivity contribution in [2.75, 3.05) is 16.8 Å². The second-order valence-corrected chi connectivity index (χ2v) is 7.22. The highest BCUT2D eigenvalue weighted by Crippen LogP contribution is 2.38. The zero-order chi connectivity index (χ0) is 20.5. The lowest BCUT2D eigenvalue weighted by Crippen LogP contribution is -2.34. The molecule has 0 spiro atoms. The Kier molecular flexibility index (Phi) is 4.95. The number of hydrogen-bond donors (Lipinski definition) is 0. The highest BCUT2D eigenvalue weighted by Gasteiger charge is 2.42. The molecule has 1 aliphatic rings. The van der Waals surface area contributed by atoms with Gasteiger partial charge in [0.25, 0.3) is 11.8 Å². The largest absolute Gasteiger partial charge is 0.339 e. The summed E-state index contributed by atoms with van der Waals surface area (Å²) in [5, 5.41) is 0.509. The average Bonchev–Trinajstić information content (AvgIpc) is 3.01. The van der Waals surface area contributed by atoms with Gasteiger partial charge < -0.3 is 4.90 Å². The Hall–Kier alpha value is -3.37. The molecule has 1 heterocycles. The van der Waals surface area contributed by atoms with Gasteiger partial charge in [-0.1, -0.05) is 66.2 Å². The fourth-order valence-electron chi connectivity index (χ4n) is 3.53. The van der Waals surface area contributed by atoms with Crippen molar-refractivity contribution >= 4 is 40.4 Å². The van der Waals surface area contributed by atoms with Crippen LogP contribution in [0.3, 0.4) is 0 Å². The molecule has 3 aromatic rings. The number of likely N-dealkylation sites (N-methyl/N-ethyl adjacent to an activating group) is 1. The summed E-state index contributed by atoms with van der Waals surface area (Å²) in [4.78, 5) is 30.0. The van der Waals surface area contributed by atoms with E-state index in [-0.39, 0.29) is 11.8 Å². The van der Waals surface area contributed by atoms with Crippen molar-refractivity contribution in [3.8, 4) is 0 Å². The number of benzene rings is 3. The second-order valence-electron chi connectivity index (χ2n) is 6.81. The van der Waals surface area contributed by atoms with Crippen LogP contribution < -0.4 is 9.80 Å². The SMILES string of the molecule is Cc1c(Cl)cccc1N1C(=O)C(c2ccccc2)=C(N(C)c2ccccc2)C1=O. The molecule has 5 heteroatoms. The number of hydrogen-bond acceptors (Lipinski definition) is 3. The van der Waals surface area contributed by atoms with Crippen molar-refractivity contribution in [3.63, 3.8) is 0 Å². The molecule has 0 aromatic heterocycles. The number of rotatable bonds is 4. The lowest BCUT2D eigenvalue weighted by atomic mass is 10.0. The molecule has 144 valence electrons. The van der Waals surface area contributed by atoms with Crippen molar-refractivity contribution in [2.45, 2.75) is 6.92 Å². The maximum absolute atomic E-state index is 13.5. The Morgan fingerprint density at radius 2 is 1.41 bits per heavy atom. The van der Waals surface area contributed by atoms with Crippen LogP contribution in [0.5, 0.6) is 0 Å². The molecule has 2 amide bonds. The first-order valence-electron chi connectivity index (χ1n) is 9.23. The Morgan fingerprint density at radius 1 is 0.793 bits per heavy atom. The lowest BCUT2D eigenvalue weighted by Gasteiger charge is -2.22. The predicted octanol–water partition coefficient (Wildman–Crippen LogP) is 5.07. The van der Waals surface area contributed by atoms with Crippen LogP contribution in [0.2, 0.25) is 5.02 Å². The Bertz CT molecular complexity index is 1120. The van der Waals surface area contributed by atoms with E-state index in [2.05, 4.69) is 0 Å². The van der Waals surface area contributed by atoms with E-state index in [1.807, 2.05) is 60.7 Å². The van der Waals surface area contributed by atoms with Crippen LogP contribution in [-0.2, 0) is 9.59 Å². The summed E-state index contributed by atoms with van der Waals surface area (Å²) < 4.78 is 0. The average molecular weight is 403 g/mol. The third-order valence-corrected chi connectivity index (χ3v) is 5.49. The maximum Gasteiger partial charge on any atom is 0.282 e. The number of para-hydroxylation sites is 1. The van der Waals surface area contributed by atoms with E-state index in [1.165, 1.54) is 4.90 Å². The molecular formula is C24H19ClN2O2. The monoisotopic (exact) mass is 402 g/mol. The minimum atomic E-state index is -0.370. The van der Waals surface area contributed by atoms with E-state index in [1.54, 1.807) is 37.1 Å². The van der Waals surface area contributed by atoms with E-state index in [0.717, 1.165) is 5.69 Å². The summed E-state index contributed by atoms with van der Waals surface area (Å²) >= 11 is 6.26. The number of imide groups is 1. The van der Waals surface area contributed by atoms with Gasteiger partial charge in [-0.3, -0.25) is 9.59 Å². The van der Waals surface area contributed by atoms with Gasteiger partial charge in [0.1, 0.15) is 5.70 Å². The van der Waals surface area contributed by atoms with Gasteiger partial charge in [0.2, 0.25) is 0 Å². The number of halogens is 1. The number of carbonyl (C=O) groups excluding carboxylic acids is 2. The zero-order valence-electron chi connectivity index (χ0n) is 16.1. The van der Waals surface area contributed by atoms with Crippen molar-refractivity contribution in [3.05, 3.63) is 101 Å². The summed E-state index contributed by atoms with van der Waals surface area (Å²) in [6, 6.07) is 24.0. The molecule has 4 nitrogen and oxygen atoms in total. The molecule has 0 fully saturated rings. The number of anilines is 2. The van der Waals surface area contributed by atoms with Gasteiger partial charge in [-0.15, -0.1) is 0 Å². The Labute approximate surface area is 174 Å². The van der Waals surface area contributed by atoms with Crippen LogP contribution in [-0.4, -0.2) is 18.9 Å². The van der Waals surface area contributed by atoms with Crippen LogP contribution in [0.4, 0.5) is 11.4 Å². The van der Waals surface area contributed by atoms with Gasteiger partial charge in [-0.25, -0.2) is 4.90 Å². The van der Waals surface area contributed by atoms with Crippen LogP contribution in [0, 0.1) is 6.92 Å². The minimum Gasteiger partial charge on any atom is -0.339 e. The van der Waals surface area contributed by atoms with Gasteiger partial charge in [0, 0.05) is 17.8 Å². The number of amides is 2. The third kappa shape index (κ3) is 3.22. The molecule has 3 aromatic carbocycles. The lowest BCUT2D eigenvalue weighted by molar-refractivity contribution is -0.120. The fourth-order valence-corrected chi connectivity index (χ4v) is 3.70. The maximum atomic E-state index is 13.5. The Balaban J connectivity index is 1.90. The van der Waals surface area contributed by atoms with E-state index in [9.17, 15) is 9.59 Å². The van der Waals surface area contributed by atoms with Gasteiger partial charge in [0.15, 0.2) is 0 Å².